The molecule has 2 aromatic carbocycles. The van der Waals surface area contributed by atoms with Gasteiger partial charge < -0.3 is 14.2 Å². The fourth-order valence-corrected chi connectivity index (χ4v) is 3.73. The van der Waals surface area contributed by atoms with E-state index in [-0.39, 0.29) is 5.91 Å². The third-order valence-corrected chi connectivity index (χ3v) is 5.48. The Labute approximate surface area is 172 Å². The average molecular weight is 389 g/mol. The van der Waals surface area contributed by atoms with E-state index in [1.165, 1.54) is 0 Å². The van der Waals surface area contributed by atoms with Crippen LogP contribution >= 0.6 is 0 Å². The van der Waals surface area contributed by atoms with Crippen molar-refractivity contribution in [3.63, 3.8) is 0 Å². The van der Waals surface area contributed by atoms with Crippen molar-refractivity contribution in [2.45, 2.75) is 19.8 Å². The standard InChI is InChI=1S/C24H27N3O2/c1-2-26-15-17-27(18-16-26)22(28)14-13-21-25-23(19-9-5-3-6-10-19)24(29-21)20-11-7-4-8-12-20/h3-12H,2,13-18H2,1H3. The molecule has 0 atom stereocenters. The summed E-state index contributed by atoms with van der Waals surface area (Å²) in [5, 5.41) is 0. The van der Waals surface area contributed by atoms with Crippen molar-refractivity contribution in [3.8, 4) is 22.6 Å². The molecule has 0 saturated carbocycles. The molecule has 4 rings (SSSR count). The number of carbonyl (C=O) groups is 1. The molecule has 1 amide bonds. The molecule has 1 saturated heterocycles. The third-order valence-electron chi connectivity index (χ3n) is 5.48. The van der Waals surface area contributed by atoms with Crippen LogP contribution < -0.4 is 0 Å². The SMILES string of the molecule is CCN1CCN(C(=O)CCc2nc(-c3ccccc3)c(-c3ccccc3)o2)CC1. The van der Waals surface area contributed by atoms with Crippen molar-refractivity contribution >= 4 is 5.91 Å². The predicted octanol–water partition coefficient (Wildman–Crippen LogP) is 4.11. The fourth-order valence-electron chi connectivity index (χ4n) is 3.73. The Morgan fingerprint density at radius 1 is 0.931 bits per heavy atom. The lowest BCUT2D eigenvalue weighted by Gasteiger charge is -2.34. The number of oxazole rings is 1. The number of benzene rings is 2. The molecular weight excluding hydrogens is 362 g/mol. The van der Waals surface area contributed by atoms with Crippen LogP contribution in [0.5, 0.6) is 0 Å². The van der Waals surface area contributed by atoms with E-state index in [1.807, 2.05) is 65.6 Å². The van der Waals surface area contributed by atoms with Gasteiger partial charge in [0.15, 0.2) is 11.7 Å². The van der Waals surface area contributed by atoms with Crippen molar-refractivity contribution < 1.29 is 9.21 Å². The van der Waals surface area contributed by atoms with Crippen LogP contribution in [0.25, 0.3) is 22.6 Å². The highest BCUT2D eigenvalue weighted by Gasteiger charge is 2.22. The number of hydrogen-bond acceptors (Lipinski definition) is 4. The first-order valence-electron chi connectivity index (χ1n) is 10.3. The van der Waals surface area contributed by atoms with Gasteiger partial charge in [0, 0.05) is 50.1 Å². The minimum atomic E-state index is 0.182. The van der Waals surface area contributed by atoms with E-state index in [1.54, 1.807) is 0 Å². The van der Waals surface area contributed by atoms with Crippen LogP contribution in [0.1, 0.15) is 19.2 Å². The van der Waals surface area contributed by atoms with E-state index < -0.39 is 0 Å². The lowest BCUT2D eigenvalue weighted by atomic mass is 10.1. The zero-order chi connectivity index (χ0) is 20.1. The maximum Gasteiger partial charge on any atom is 0.223 e. The summed E-state index contributed by atoms with van der Waals surface area (Å²) in [5.74, 6) is 1.56. The van der Waals surface area contributed by atoms with Crippen molar-refractivity contribution in [1.82, 2.24) is 14.8 Å². The first kappa shape index (κ1) is 19.4. The molecular formula is C24H27N3O2. The van der Waals surface area contributed by atoms with Crippen molar-refractivity contribution in [1.29, 1.82) is 0 Å². The van der Waals surface area contributed by atoms with Gasteiger partial charge in [0.25, 0.3) is 0 Å². The molecule has 5 nitrogen and oxygen atoms in total. The second-order valence-electron chi connectivity index (χ2n) is 7.33. The Balaban J connectivity index is 1.50. The molecule has 1 aromatic heterocycles. The quantitative estimate of drug-likeness (QED) is 0.637. The Morgan fingerprint density at radius 3 is 2.17 bits per heavy atom. The number of likely N-dealkylation sites (N-methyl/N-ethyl adjacent to an activating group) is 1. The highest BCUT2D eigenvalue weighted by atomic mass is 16.4. The normalized spacial score (nSPS) is 14.9. The summed E-state index contributed by atoms with van der Waals surface area (Å²) in [4.78, 5) is 21.7. The number of rotatable bonds is 6. The van der Waals surface area contributed by atoms with E-state index in [2.05, 4.69) is 11.8 Å². The molecule has 0 N–H and O–H groups in total. The van der Waals surface area contributed by atoms with Gasteiger partial charge in [-0.3, -0.25) is 4.79 Å². The lowest BCUT2D eigenvalue weighted by Crippen LogP contribution is -2.48. The van der Waals surface area contributed by atoms with Crippen molar-refractivity contribution in [2.24, 2.45) is 0 Å². The van der Waals surface area contributed by atoms with E-state index >= 15 is 0 Å². The summed E-state index contributed by atoms with van der Waals surface area (Å²) in [6.07, 6.45) is 0.939. The number of piperazine rings is 1. The maximum absolute atomic E-state index is 12.6. The second kappa shape index (κ2) is 9.05. The number of hydrogen-bond donors (Lipinski definition) is 0. The van der Waals surface area contributed by atoms with E-state index in [4.69, 9.17) is 9.40 Å². The Hall–Kier alpha value is -2.92. The Morgan fingerprint density at radius 2 is 1.55 bits per heavy atom. The minimum Gasteiger partial charge on any atom is -0.440 e. The largest absolute Gasteiger partial charge is 0.440 e. The number of carbonyl (C=O) groups excluding carboxylic acids is 1. The highest BCUT2D eigenvalue weighted by molar-refractivity contribution is 5.78. The molecule has 0 radical (unpaired) electrons. The molecule has 0 unspecified atom stereocenters. The summed E-state index contributed by atoms with van der Waals surface area (Å²) >= 11 is 0. The summed E-state index contributed by atoms with van der Waals surface area (Å²) in [6, 6.07) is 20.1. The van der Waals surface area contributed by atoms with Gasteiger partial charge in [-0.1, -0.05) is 67.6 Å². The van der Waals surface area contributed by atoms with Crippen molar-refractivity contribution in [3.05, 3.63) is 66.6 Å². The smallest absolute Gasteiger partial charge is 0.223 e. The van der Waals surface area contributed by atoms with Gasteiger partial charge in [-0.05, 0) is 6.54 Å². The topological polar surface area (TPSA) is 49.6 Å². The summed E-state index contributed by atoms with van der Waals surface area (Å²) < 4.78 is 6.14. The van der Waals surface area contributed by atoms with Gasteiger partial charge in [0.1, 0.15) is 5.69 Å². The third kappa shape index (κ3) is 4.57. The number of aryl methyl sites for hydroxylation is 1. The van der Waals surface area contributed by atoms with Gasteiger partial charge in [-0.25, -0.2) is 4.98 Å². The monoisotopic (exact) mass is 389 g/mol. The van der Waals surface area contributed by atoms with Crippen LogP contribution in [-0.4, -0.2) is 53.4 Å². The van der Waals surface area contributed by atoms with E-state index in [9.17, 15) is 4.79 Å². The molecule has 0 bridgehead atoms. The van der Waals surface area contributed by atoms with E-state index in [0.29, 0.717) is 18.7 Å². The van der Waals surface area contributed by atoms with Gasteiger partial charge in [0.05, 0.1) is 0 Å². The highest BCUT2D eigenvalue weighted by Crippen LogP contribution is 2.32. The fraction of sp³-hybridized carbons (Fsp3) is 0.333. The molecule has 5 heteroatoms. The number of nitrogens with zero attached hydrogens (tertiary/aromatic N) is 3. The van der Waals surface area contributed by atoms with Crippen LogP contribution in [0.3, 0.4) is 0 Å². The molecule has 150 valence electrons. The molecule has 0 aliphatic carbocycles. The first-order chi connectivity index (χ1) is 14.2. The Kier molecular flexibility index (Phi) is 6.06. The van der Waals surface area contributed by atoms with Gasteiger partial charge in [0.2, 0.25) is 5.91 Å². The number of aromatic nitrogens is 1. The van der Waals surface area contributed by atoms with E-state index in [0.717, 1.165) is 55.3 Å². The van der Waals surface area contributed by atoms with Crippen LogP contribution in [-0.2, 0) is 11.2 Å². The predicted molar refractivity (Wildman–Crippen MR) is 114 cm³/mol. The summed E-state index contributed by atoms with van der Waals surface area (Å²) in [7, 11) is 0. The summed E-state index contributed by atoms with van der Waals surface area (Å²) in [5.41, 5.74) is 2.84. The van der Waals surface area contributed by atoms with Crippen LogP contribution in [0, 0.1) is 0 Å². The molecule has 0 spiro atoms. The molecule has 1 aliphatic heterocycles. The zero-order valence-electron chi connectivity index (χ0n) is 16.9. The first-order valence-corrected chi connectivity index (χ1v) is 10.3. The van der Waals surface area contributed by atoms with Gasteiger partial charge >= 0.3 is 0 Å². The molecule has 3 aromatic rings. The second-order valence-corrected chi connectivity index (χ2v) is 7.33. The van der Waals surface area contributed by atoms with Crippen LogP contribution in [0.15, 0.2) is 65.1 Å². The molecule has 1 fully saturated rings. The van der Waals surface area contributed by atoms with Crippen LogP contribution in [0.2, 0.25) is 0 Å². The molecule has 2 heterocycles. The lowest BCUT2D eigenvalue weighted by molar-refractivity contribution is -0.132. The minimum absolute atomic E-state index is 0.182. The Bertz CT molecular complexity index is 872. The van der Waals surface area contributed by atoms with Gasteiger partial charge in [-0.2, -0.15) is 0 Å². The van der Waals surface area contributed by atoms with Gasteiger partial charge in [-0.15, -0.1) is 0 Å². The summed E-state index contributed by atoms with van der Waals surface area (Å²) in [6.45, 7) is 6.73. The van der Waals surface area contributed by atoms with Crippen LogP contribution in [0.4, 0.5) is 0 Å². The molecule has 1 aliphatic rings. The average Bonchev–Trinajstić information content (AvgIpc) is 3.23. The maximum atomic E-state index is 12.6. The molecule has 29 heavy (non-hydrogen) atoms. The zero-order valence-corrected chi connectivity index (χ0v) is 16.9. The van der Waals surface area contributed by atoms with Crippen molar-refractivity contribution in [2.75, 3.05) is 32.7 Å². The number of amides is 1.